The Morgan fingerprint density at radius 3 is 2.54 bits per heavy atom. The Labute approximate surface area is 77.3 Å². The van der Waals surface area contributed by atoms with Crippen molar-refractivity contribution in [2.24, 2.45) is 0 Å². The molecule has 2 nitrogen and oxygen atoms in total. The number of pyridine rings is 1. The second kappa shape index (κ2) is 3.41. The third-order valence-electron chi connectivity index (χ3n) is 1.36. The van der Waals surface area contributed by atoms with Gasteiger partial charge in [0.15, 0.2) is 0 Å². The van der Waals surface area contributed by atoms with Gasteiger partial charge in [-0.15, -0.1) is 0 Å². The first-order valence-electron chi connectivity index (χ1n) is 3.22. The molecule has 0 aliphatic rings. The highest BCUT2D eigenvalue weighted by Gasteiger charge is 2.34. The van der Waals surface area contributed by atoms with Gasteiger partial charge in [-0.1, -0.05) is 11.6 Å². The first kappa shape index (κ1) is 10.1. The maximum atomic E-state index is 12.2. The Morgan fingerprint density at radius 1 is 1.46 bits per heavy atom. The van der Waals surface area contributed by atoms with Crippen molar-refractivity contribution in [3.05, 3.63) is 23.0 Å². The number of aromatic nitrogens is 1. The molecule has 0 saturated heterocycles. The van der Waals surface area contributed by atoms with E-state index in [2.05, 4.69) is 9.72 Å². The molecule has 0 radical (unpaired) electrons. The molecule has 0 fully saturated rings. The third kappa shape index (κ3) is 2.24. The first-order chi connectivity index (χ1) is 5.95. The van der Waals surface area contributed by atoms with Crippen molar-refractivity contribution < 1.29 is 17.9 Å². The van der Waals surface area contributed by atoms with Crippen LogP contribution in [0.4, 0.5) is 13.2 Å². The van der Waals surface area contributed by atoms with Gasteiger partial charge in [0.2, 0.25) is 0 Å². The monoisotopic (exact) mass is 211 g/mol. The average Bonchev–Trinajstić information content (AvgIpc) is 2.01. The number of methoxy groups -OCH3 is 1. The maximum absolute atomic E-state index is 12.2. The highest BCUT2D eigenvalue weighted by Crippen LogP contribution is 2.36. The fourth-order valence-electron chi connectivity index (χ4n) is 0.795. The molecule has 6 heteroatoms. The van der Waals surface area contributed by atoms with Gasteiger partial charge in [0.25, 0.3) is 0 Å². The summed E-state index contributed by atoms with van der Waals surface area (Å²) in [5, 5.41) is -0.0372. The van der Waals surface area contributed by atoms with E-state index in [1.165, 1.54) is 0 Å². The minimum absolute atomic E-state index is 0.0372. The topological polar surface area (TPSA) is 22.1 Å². The van der Waals surface area contributed by atoms with Gasteiger partial charge < -0.3 is 4.74 Å². The Hall–Kier alpha value is -0.970. The van der Waals surface area contributed by atoms with Crippen molar-refractivity contribution >= 4 is 11.6 Å². The van der Waals surface area contributed by atoms with Crippen molar-refractivity contribution in [3.8, 4) is 5.75 Å². The van der Waals surface area contributed by atoms with Crippen LogP contribution in [0.1, 0.15) is 5.56 Å². The second-order valence-corrected chi connectivity index (χ2v) is 2.59. The molecule has 0 bridgehead atoms. The summed E-state index contributed by atoms with van der Waals surface area (Å²) in [5.41, 5.74) is -0.931. The van der Waals surface area contributed by atoms with Crippen LogP contribution in [-0.4, -0.2) is 12.1 Å². The lowest BCUT2D eigenvalue weighted by atomic mass is 10.2. The molecule has 0 atom stereocenters. The quantitative estimate of drug-likeness (QED) is 0.667. The van der Waals surface area contributed by atoms with Gasteiger partial charge >= 0.3 is 6.18 Å². The summed E-state index contributed by atoms with van der Waals surface area (Å²) in [6, 6.07) is 1.02. The summed E-state index contributed by atoms with van der Waals surface area (Å²) in [4.78, 5) is 3.32. The van der Waals surface area contributed by atoms with Crippen molar-refractivity contribution in [1.82, 2.24) is 4.98 Å². The van der Waals surface area contributed by atoms with Gasteiger partial charge in [-0.2, -0.15) is 13.2 Å². The molecular weight excluding hydrogens is 207 g/mol. The Balaban J connectivity index is 3.22. The number of rotatable bonds is 1. The van der Waals surface area contributed by atoms with E-state index < -0.39 is 11.7 Å². The van der Waals surface area contributed by atoms with Crippen LogP contribution >= 0.6 is 11.6 Å². The molecule has 1 rings (SSSR count). The van der Waals surface area contributed by atoms with Crippen LogP contribution in [0.5, 0.6) is 5.75 Å². The fraction of sp³-hybridized carbons (Fsp3) is 0.286. The third-order valence-corrected chi connectivity index (χ3v) is 1.56. The van der Waals surface area contributed by atoms with Crippen LogP contribution in [0.3, 0.4) is 0 Å². The molecular formula is C7H5ClF3NO. The van der Waals surface area contributed by atoms with Gasteiger partial charge in [0, 0.05) is 12.3 Å². The lowest BCUT2D eigenvalue weighted by Gasteiger charge is -2.10. The average molecular weight is 212 g/mol. The summed E-state index contributed by atoms with van der Waals surface area (Å²) in [5.74, 6) is -0.326. The summed E-state index contributed by atoms with van der Waals surface area (Å²) >= 11 is 5.39. The van der Waals surface area contributed by atoms with Gasteiger partial charge in [0.1, 0.15) is 16.5 Å². The molecule has 72 valence electrons. The number of nitrogens with zero attached hydrogens (tertiary/aromatic N) is 1. The normalized spacial score (nSPS) is 11.5. The molecule has 1 aromatic rings. The zero-order chi connectivity index (χ0) is 10.1. The molecule has 1 heterocycles. The highest BCUT2D eigenvalue weighted by molar-refractivity contribution is 6.29. The summed E-state index contributed by atoms with van der Waals surface area (Å²) in [6.07, 6.45) is -3.83. The summed E-state index contributed by atoms with van der Waals surface area (Å²) in [7, 11) is 1.14. The number of hydrogen-bond acceptors (Lipinski definition) is 2. The second-order valence-electron chi connectivity index (χ2n) is 2.21. The van der Waals surface area contributed by atoms with E-state index in [0.29, 0.717) is 6.20 Å². The molecule has 0 unspecified atom stereocenters. The number of alkyl halides is 3. The number of ether oxygens (including phenoxy) is 1. The van der Waals surface area contributed by atoms with Crippen LogP contribution in [0, 0.1) is 0 Å². The Morgan fingerprint density at radius 2 is 2.08 bits per heavy atom. The Bertz CT molecular complexity index is 313. The van der Waals surface area contributed by atoms with E-state index in [4.69, 9.17) is 11.6 Å². The van der Waals surface area contributed by atoms with Gasteiger partial charge in [-0.25, -0.2) is 4.98 Å². The molecule has 0 aromatic carbocycles. The number of halogens is 4. The lowest BCUT2D eigenvalue weighted by Crippen LogP contribution is -2.07. The molecule has 0 amide bonds. The van der Waals surface area contributed by atoms with E-state index >= 15 is 0 Å². The smallest absolute Gasteiger partial charge is 0.421 e. The van der Waals surface area contributed by atoms with Crippen LogP contribution in [0.15, 0.2) is 12.3 Å². The van der Waals surface area contributed by atoms with Crippen molar-refractivity contribution in [3.63, 3.8) is 0 Å². The molecule has 0 aliphatic heterocycles. The molecule has 1 aromatic heterocycles. The molecule has 0 saturated carbocycles. The van der Waals surface area contributed by atoms with Crippen LogP contribution in [0.2, 0.25) is 5.15 Å². The standard InChI is InChI=1S/C7H5ClF3NO/c1-13-5-2-6(8)12-3-4(5)7(9,10)11/h2-3H,1H3. The van der Waals surface area contributed by atoms with Crippen LogP contribution in [0.25, 0.3) is 0 Å². The minimum atomic E-state index is -4.47. The zero-order valence-electron chi connectivity index (χ0n) is 6.52. The van der Waals surface area contributed by atoms with E-state index in [1.54, 1.807) is 0 Å². The highest BCUT2D eigenvalue weighted by atomic mass is 35.5. The molecule has 0 aliphatic carbocycles. The Kier molecular flexibility index (Phi) is 2.66. The molecule has 0 spiro atoms. The van der Waals surface area contributed by atoms with Gasteiger partial charge in [-0.05, 0) is 0 Å². The fourth-order valence-corrected chi connectivity index (χ4v) is 0.943. The zero-order valence-corrected chi connectivity index (χ0v) is 7.28. The van der Waals surface area contributed by atoms with E-state index in [9.17, 15) is 13.2 Å². The van der Waals surface area contributed by atoms with Crippen LogP contribution in [-0.2, 0) is 6.18 Å². The minimum Gasteiger partial charge on any atom is -0.496 e. The SMILES string of the molecule is COc1cc(Cl)ncc1C(F)(F)F. The largest absolute Gasteiger partial charge is 0.496 e. The van der Waals surface area contributed by atoms with E-state index in [-0.39, 0.29) is 10.9 Å². The number of hydrogen-bond donors (Lipinski definition) is 0. The summed E-state index contributed by atoms with van der Waals surface area (Å²) in [6.45, 7) is 0. The van der Waals surface area contributed by atoms with Crippen molar-refractivity contribution in [1.29, 1.82) is 0 Å². The van der Waals surface area contributed by atoms with Crippen LogP contribution < -0.4 is 4.74 Å². The van der Waals surface area contributed by atoms with E-state index in [1.807, 2.05) is 0 Å². The van der Waals surface area contributed by atoms with Gasteiger partial charge in [0.05, 0.1) is 7.11 Å². The summed E-state index contributed by atoms with van der Waals surface area (Å²) < 4.78 is 41.1. The predicted molar refractivity (Wildman–Crippen MR) is 40.8 cm³/mol. The molecule has 0 N–H and O–H groups in total. The van der Waals surface area contributed by atoms with Gasteiger partial charge in [-0.3, -0.25) is 0 Å². The molecule has 13 heavy (non-hydrogen) atoms. The first-order valence-corrected chi connectivity index (χ1v) is 3.59. The van der Waals surface area contributed by atoms with Crippen molar-refractivity contribution in [2.75, 3.05) is 7.11 Å². The lowest BCUT2D eigenvalue weighted by molar-refractivity contribution is -0.139. The van der Waals surface area contributed by atoms with Crippen molar-refractivity contribution in [2.45, 2.75) is 6.18 Å². The van der Waals surface area contributed by atoms with E-state index in [0.717, 1.165) is 13.2 Å². The maximum Gasteiger partial charge on any atom is 0.421 e. The predicted octanol–water partition coefficient (Wildman–Crippen LogP) is 2.76.